The van der Waals surface area contributed by atoms with E-state index in [0.29, 0.717) is 26.9 Å². The molecule has 0 spiro atoms. The molecular weight excluding hydrogens is 308 g/mol. The maximum atomic E-state index is 12.1. The third kappa shape index (κ3) is 2.82. The summed E-state index contributed by atoms with van der Waals surface area (Å²) >= 11 is 7.55. The Morgan fingerprint density at radius 1 is 1.24 bits per heavy atom. The highest BCUT2D eigenvalue weighted by Gasteiger charge is 2.11. The van der Waals surface area contributed by atoms with Crippen LogP contribution in [0, 0.1) is 0 Å². The van der Waals surface area contributed by atoms with Crippen LogP contribution in [0.2, 0.25) is 5.02 Å². The van der Waals surface area contributed by atoms with E-state index >= 15 is 0 Å². The molecule has 0 fully saturated rings. The number of anilines is 2. The number of hydrogen-bond acceptors (Lipinski definition) is 5. The molecule has 0 bridgehead atoms. The molecule has 7 heteroatoms. The first-order valence-corrected chi connectivity index (χ1v) is 7.30. The summed E-state index contributed by atoms with van der Waals surface area (Å²) in [5.74, 6) is 5.16. The summed E-state index contributed by atoms with van der Waals surface area (Å²) < 4.78 is 0.846. The quantitative estimate of drug-likeness (QED) is 0.510. The number of amides is 1. The van der Waals surface area contributed by atoms with Gasteiger partial charge < -0.3 is 5.32 Å². The van der Waals surface area contributed by atoms with Gasteiger partial charge in [0, 0.05) is 11.3 Å². The highest BCUT2D eigenvalue weighted by atomic mass is 35.5. The van der Waals surface area contributed by atoms with E-state index in [4.69, 9.17) is 17.4 Å². The predicted molar refractivity (Wildman–Crippen MR) is 86.8 cm³/mol. The van der Waals surface area contributed by atoms with Crippen molar-refractivity contribution < 1.29 is 4.79 Å². The molecule has 4 N–H and O–H groups in total. The van der Waals surface area contributed by atoms with Crippen molar-refractivity contribution in [2.24, 2.45) is 5.84 Å². The standard InChI is InChI=1S/C14H11ClN4OS/c15-10-6-9(7-11-12(10)18-14(19-16)21-11)17-13(20)8-4-2-1-3-5-8/h1-7H,16H2,(H,17,20)(H,18,19). The lowest BCUT2D eigenvalue weighted by molar-refractivity contribution is 0.102. The zero-order valence-electron chi connectivity index (χ0n) is 10.8. The van der Waals surface area contributed by atoms with E-state index in [-0.39, 0.29) is 5.91 Å². The molecule has 21 heavy (non-hydrogen) atoms. The number of benzene rings is 2. The van der Waals surface area contributed by atoms with Gasteiger partial charge in [-0.2, -0.15) is 0 Å². The molecule has 0 atom stereocenters. The Morgan fingerprint density at radius 2 is 2.00 bits per heavy atom. The van der Waals surface area contributed by atoms with Crippen LogP contribution in [0.15, 0.2) is 42.5 Å². The van der Waals surface area contributed by atoms with Gasteiger partial charge in [-0.25, -0.2) is 10.8 Å². The molecular formula is C14H11ClN4OS. The Bertz CT molecular complexity index is 803. The number of hydrazine groups is 1. The van der Waals surface area contributed by atoms with Crippen molar-refractivity contribution >= 4 is 49.9 Å². The first-order valence-electron chi connectivity index (χ1n) is 6.10. The molecule has 0 aliphatic rings. The minimum Gasteiger partial charge on any atom is -0.322 e. The summed E-state index contributed by atoms with van der Waals surface area (Å²) in [6, 6.07) is 12.5. The molecule has 0 aliphatic heterocycles. The van der Waals surface area contributed by atoms with Gasteiger partial charge in [0.05, 0.1) is 9.72 Å². The second-order valence-electron chi connectivity index (χ2n) is 4.29. The number of halogens is 1. The predicted octanol–water partition coefficient (Wildman–Crippen LogP) is 3.49. The Morgan fingerprint density at radius 3 is 2.71 bits per heavy atom. The Labute approximate surface area is 129 Å². The van der Waals surface area contributed by atoms with Gasteiger partial charge in [-0.1, -0.05) is 41.1 Å². The van der Waals surface area contributed by atoms with Gasteiger partial charge in [0.1, 0.15) is 5.52 Å². The molecule has 1 heterocycles. The van der Waals surface area contributed by atoms with Gasteiger partial charge in [0.2, 0.25) is 0 Å². The number of rotatable bonds is 3. The van der Waals surface area contributed by atoms with Crippen LogP contribution in [0.1, 0.15) is 10.4 Å². The van der Waals surface area contributed by atoms with E-state index in [9.17, 15) is 4.79 Å². The van der Waals surface area contributed by atoms with Crippen molar-refractivity contribution in [1.82, 2.24) is 4.98 Å². The lowest BCUT2D eigenvalue weighted by Gasteiger charge is -2.06. The van der Waals surface area contributed by atoms with Gasteiger partial charge in [-0.15, -0.1) is 0 Å². The number of carbonyl (C=O) groups is 1. The lowest BCUT2D eigenvalue weighted by Crippen LogP contribution is -2.11. The molecule has 0 unspecified atom stereocenters. The summed E-state index contributed by atoms with van der Waals surface area (Å²) in [7, 11) is 0. The molecule has 0 saturated carbocycles. The van der Waals surface area contributed by atoms with Gasteiger partial charge in [0.25, 0.3) is 5.91 Å². The summed E-state index contributed by atoms with van der Waals surface area (Å²) in [4.78, 5) is 16.4. The van der Waals surface area contributed by atoms with E-state index in [1.54, 1.807) is 18.2 Å². The number of nitrogens with two attached hydrogens (primary N) is 1. The molecule has 3 rings (SSSR count). The third-order valence-electron chi connectivity index (χ3n) is 2.87. The van der Waals surface area contributed by atoms with Crippen LogP contribution in [0.25, 0.3) is 10.2 Å². The fourth-order valence-corrected chi connectivity index (χ4v) is 3.08. The van der Waals surface area contributed by atoms with Crippen molar-refractivity contribution in [3.63, 3.8) is 0 Å². The molecule has 0 radical (unpaired) electrons. The fraction of sp³-hybridized carbons (Fsp3) is 0. The SMILES string of the molecule is NNc1nc2c(Cl)cc(NC(=O)c3ccccc3)cc2s1. The average molecular weight is 319 g/mol. The highest BCUT2D eigenvalue weighted by molar-refractivity contribution is 7.22. The number of aromatic nitrogens is 1. The van der Waals surface area contributed by atoms with E-state index in [2.05, 4.69) is 15.7 Å². The van der Waals surface area contributed by atoms with E-state index in [0.717, 1.165) is 4.70 Å². The topological polar surface area (TPSA) is 80.0 Å². The normalized spacial score (nSPS) is 10.6. The number of nitrogen functional groups attached to an aromatic ring is 1. The number of fused-ring (bicyclic) bond motifs is 1. The number of thiazole rings is 1. The largest absolute Gasteiger partial charge is 0.322 e. The second-order valence-corrected chi connectivity index (χ2v) is 5.73. The van der Waals surface area contributed by atoms with Crippen LogP contribution >= 0.6 is 22.9 Å². The summed E-state index contributed by atoms with van der Waals surface area (Å²) in [6.45, 7) is 0. The molecule has 3 aromatic rings. The molecule has 106 valence electrons. The maximum Gasteiger partial charge on any atom is 0.255 e. The average Bonchev–Trinajstić information content (AvgIpc) is 2.92. The van der Waals surface area contributed by atoms with Gasteiger partial charge in [-0.3, -0.25) is 10.2 Å². The van der Waals surface area contributed by atoms with E-state index in [1.807, 2.05) is 24.3 Å². The van der Waals surface area contributed by atoms with Crippen LogP contribution < -0.4 is 16.6 Å². The first kappa shape index (κ1) is 13.8. The summed E-state index contributed by atoms with van der Waals surface area (Å²) in [6.07, 6.45) is 0. The van der Waals surface area contributed by atoms with Crippen molar-refractivity contribution in [3.05, 3.63) is 53.1 Å². The molecule has 0 saturated heterocycles. The number of nitrogens with one attached hydrogen (secondary N) is 2. The second kappa shape index (κ2) is 5.69. The number of carbonyl (C=O) groups excluding carboxylic acids is 1. The van der Waals surface area contributed by atoms with Gasteiger partial charge in [-0.05, 0) is 24.3 Å². The monoisotopic (exact) mass is 318 g/mol. The molecule has 1 aromatic heterocycles. The van der Waals surface area contributed by atoms with Crippen molar-refractivity contribution in [3.8, 4) is 0 Å². The smallest absolute Gasteiger partial charge is 0.255 e. The highest BCUT2D eigenvalue weighted by Crippen LogP contribution is 2.33. The molecule has 1 amide bonds. The summed E-state index contributed by atoms with van der Waals surface area (Å²) in [5, 5.41) is 3.86. The summed E-state index contributed by atoms with van der Waals surface area (Å²) in [5.41, 5.74) is 4.36. The Balaban J connectivity index is 1.92. The van der Waals surface area contributed by atoms with Crippen molar-refractivity contribution in [2.75, 3.05) is 10.7 Å². The molecule has 5 nitrogen and oxygen atoms in total. The van der Waals surface area contributed by atoms with Crippen molar-refractivity contribution in [1.29, 1.82) is 0 Å². The Hall–Kier alpha value is -2.15. The maximum absolute atomic E-state index is 12.1. The zero-order chi connectivity index (χ0) is 14.8. The van der Waals surface area contributed by atoms with Crippen LogP contribution in [0.5, 0.6) is 0 Å². The van der Waals surface area contributed by atoms with Crippen LogP contribution in [-0.2, 0) is 0 Å². The molecule has 0 aliphatic carbocycles. The van der Waals surface area contributed by atoms with Gasteiger partial charge >= 0.3 is 0 Å². The number of nitrogens with zero attached hydrogens (tertiary/aromatic N) is 1. The lowest BCUT2D eigenvalue weighted by atomic mass is 10.2. The van der Waals surface area contributed by atoms with Crippen LogP contribution in [-0.4, -0.2) is 10.9 Å². The van der Waals surface area contributed by atoms with Crippen LogP contribution in [0.4, 0.5) is 10.8 Å². The fourth-order valence-electron chi connectivity index (χ4n) is 1.92. The van der Waals surface area contributed by atoms with E-state index < -0.39 is 0 Å². The van der Waals surface area contributed by atoms with Gasteiger partial charge in [0.15, 0.2) is 5.13 Å². The molecule has 2 aromatic carbocycles. The van der Waals surface area contributed by atoms with Crippen LogP contribution in [0.3, 0.4) is 0 Å². The number of hydrogen-bond donors (Lipinski definition) is 3. The van der Waals surface area contributed by atoms with E-state index in [1.165, 1.54) is 11.3 Å². The third-order valence-corrected chi connectivity index (χ3v) is 4.09. The Kier molecular flexibility index (Phi) is 3.74. The van der Waals surface area contributed by atoms with Crippen molar-refractivity contribution in [2.45, 2.75) is 0 Å². The minimum absolute atomic E-state index is 0.187. The first-order chi connectivity index (χ1) is 10.2. The minimum atomic E-state index is -0.187. The zero-order valence-corrected chi connectivity index (χ0v) is 12.3.